The van der Waals surface area contributed by atoms with E-state index in [-0.39, 0.29) is 12.1 Å². The first-order chi connectivity index (χ1) is 6.80. The third-order valence-electron chi connectivity index (χ3n) is 3.28. The van der Waals surface area contributed by atoms with Gasteiger partial charge in [-0.1, -0.05) is 6.92 Å². The van der Waals surface area contributed by atoms with Crippen LogP contribution in [0.5, 0.6) is 0 Å². The summed E-state index contributed by atoms with van der Waals surface area (Å²) < 4.78 is 0. The van der Waals surface area contributed by atoms with Crippen LogP contribution in [0, 0.1) is 5.92 Å². The first kappa shape index (κ1) is 12.5. The molecule has 15 heavy (non-hydrogen) atoms. The second-order valence-corrected chi connectivity index (χ2v) is 5.76. The second kappa shape index (κ2) is 4.52. The molecule has 88 valence electrons. The van der Waals surface area contributed by atoms with Crippen molar-refractivity contribution in [3.63, 3.8) is 0 Å². The summed E-state index contributed by atoms with van der Waals surface area (Å²) in [4.78, 5) is 13.0. The Labute approximate surface area is 92.5 Å². The van der Waals surface area contributed by atoms with Gasteiger partial charge in [-0.25, -0.2) is 0 Å². The summed E-state index contributed by atoms with van der Waals surface area (Å²) in [5.41, 5.74) is -0.0485. The zero-order valence-electron chi connectivity index (χ0n) is 10.3. The molecule has 3 heteroatoms. The van der Waals surface area contributed by atoms with E-state index in [1.807, 2.05) is 0 Å². The fourth-order valence-corrected chi connectivity index (χ4v) is 2.52. The standard InChI is InChI=1S/C12H23NO2/c1-9-5-6-10(7-9)13(8-11(14)15)12(2,3)4/h9-10H,5-8H2,1-4H3,(H,14,15). The van der Waals surface area contributed by atoms with Crippen LogP contribution >= 0.6 is 0 Å². The molecule has 1 saturated carbocycles. The van der Waals surface area contributed by atoms with E-state index in [4.69, 9.17) is 5.11 Å². The molecule has 0 aliphatic heterocycles. The van der Waals surface area contributed by atoms with E-state index in [2.05, 4.69) is 32.6 Å². The van der Waals surface area contributed by atoms with Gasteiger partial charge in [0.2, 0.25) is 0 Å². The molecule has 0 heterocycles. The molecule has 0 radical (unpaired) electrons. The van der Waals surface area contributed by atoms with Crippen molar-refractivity contribution in [3.8, 4) is 0 Å². The molecule has 1 fully saturated rings. The molecular formula is C12H23NO2. The van der Waals surface area contributed by atoms with Crippen LogP contribution in [-0.2, 0) is 4.79 Å². The third-order valence-corrected chi connectivity index (χ3v) is 3.28. The van der Waals surface area contributed by atoms with Crippen molar-refractivity contribution in [1.82, 2.24) is 4.90 Å². The molecule has 0 aromatic rings. The van der Waals surface area contributed by atoms with Crippen LogP contribution in [0.2, 0.25) is 0 Å². The molecule has 1 N–H and O–H groups in total. The Morgan fingerprint density at radius 1 is 1.40 bits per heavy atom. The summed E-state index contributed by atoms with van der Waals surface area (Å²) in [5.74, 6) is 0.0260. The molecule has 1 rings (SSSR count). The zero-order chi connectivity index (χ0) is 11.6. The maximum Gasteiger partial charge on any atom is 0.317 e. The molecule has 1 aliphatic carbocycles. The van der Waals surface area contributed by atoms with Crippen LogP contribution in [0.15, 0.2) is 0 Å². The normalized spacial score (nSPS) is 27.3. The fourth-order valence-electron chi connectivity index (χ4n) is 2.52. The van der Waals surface area contributed by atoms with E-state index in [1.54, 1.807) is 0 Å². The Hall–Kier alpha value is -0.570. The van der Waals surface area contributed by atoms with Crippen LogP contribution in [-0.4, -0.2) is 34.1 Å². The van der Waals surface area contributed by atoms with Gasteiger partial charge in [0.1, 0.15) is 0 Å². The summed E-state index contributed by atoms with van der Waals surface area (Å²) in [5, 5.41) is 8.93. The summed E-state index contributed by atoms with van der Waals surface area (Å²) in [6.45, 7) is 8.71. The molecule has 1 aliphatic rings. The summed E-state index contributed by atoms with van der Waals surface area (Å²) in [6, 6.07) is 0.455. The molecule has 0 amide bonds. The summed E-state index contributed by atoms with van der Waals surface area (Å²) >= 11 is 0. The van der Waals surface area contributed by atoms with E-state index in [1.165, 1.54) is 6.42 Å². The number of hydrogen-bond acceptors (Lipinski definition) is 2. The van der Waals surface area contributed by atoms with Gasteiger partial charge in [-0.2, -0.15) is 0 Å². The number of carbonyl (C=O) groups is 1. The average molecular weight is 213 g/mol. The van der Waals surface area contributed by atoms with Crippen LogP contribution in [0.25, 0.3) is 0 Å². The molecule has 0 spiro atoms. The van der Waals surface area contributed by atoms with Gasteiger partial charge >= 0.3 is 5.97 Å². The lowest BCUT2D eigenvalue weighted by Crippen LogP contribution is -2.49. The van der Waals surface area contributed by atoms with Gasteiger partial charge in [0, 0.05) is 11.6 Å². The highest BCUT2D eigenvalue weighted by Gasteiger charge is 2.34. The molecule has 0 aromatic carbocycles. The van der Waals surface area contributed by atoms with Crippen molar-refractivity contribution in [2.45, 2.75) is 58.5 Å². The fraction of sp³-hybridized carbons (Fsp3) is 0.917. The zero-order valence-corrected chi connectivity index (χ0v) is 10.3. The molecule has 2 atom stereocenters. The lowest BCUT2D eigenvalue weighted by atomic mass is 10.0. The van der Waals surface area contributed by atoms with Crippen molar-refractivity contribution in [3.05, 3.63) is 0 Å². The first-order valence-electron chi connectivity index (χ1n) is 5.79. The number of aliphatic carboxylic acids is 1. The Morgan fingerprint density at radius 2 is 2.00 bits per heavy atom. The van der Waals surface area contributed by atoms with Gasteiger partial charge in [-0.05, 0) is 46.0 Å². The molecule has 0 bridgehead atoms. The predicted octanol–water partition coefficient (Wildman–Crippen LogP) is 2.36. The van der Waals surface area contributed by atoms with Gasteiger partial charge in [0.05, 0.1) is 6.54 Å². The van der Waals surface area contributed by atoms with Crippen molar-refractivity contribution >= 4 is 5.97 Å². The number of rotatable bonds is 3. The Morgan fingerprint density at radius 3 is 2.33 bits per heavy atom. The number of hydrogen-bond donors (Lipinski definition) is 1. The maximum atomic E-state index is 10.9. The Kier molecular flexibility index (Phi) is 3.77. The maximum absolute atomic E-state index is 10.9. The van der Waals surface area contributed by atoms with Crippen molar-refractivity contribution in [2.24, 2.45) is 5.92 Å². The van der Waals surface area contributed by atoms with Crippen LogP contribution in [0.1, 0.15) is 47.0 Å². The van der Waals surface area contributed by atoms with Crippen LogP contribution in [0.4, 0.5) is 0 Å². The van der Waals surface area contributed by atoms with Crippen LogP contribution in [0.3, 0.4) is 0 Å². The lowest BCUT2D eigenvalue weighted by molar-refractivity contribution is -0.140. The average Bonchev–Trinajstić information content (AvgIpc) is 2.45. The van der Waals surface area contributed by atoms with E-state index >= 15 is 0 Å². The molecule has 2 unspecified atom stereocenters. The minimum Gasteiger partial charge on any atom is -0.480 e. The largest absolute Gasteiger partial charge is 0.480 e. The highest BCUT2D eigenvalue weighted by Crippen LogP contribution is 2.32. The van der Waals surface area contributed by atoms with Gasteiger partial charge in [-0.15, -0.1) is 0 Å². The number of nitrogens with zero attached hydrogens (tertiary/aromatic N) is 1. The van der Waals surface area contributed by atoms with Gasteiger partial charge in [-0.3, -0.25) is 9.69 Å². The lowest BCUT2D eigenvalue weighted by Gasteiger charge is -2.39. The highest BCUT2D eigenvalue weighted by molar-refractivity contribution is 5.69. The van der Waals surface area contributed by atoms with Crippen LogP contribution < -0.4 is 0 Å². The molecule has 3 nitrogen and oxygen atoms in total. The van der Waals surface area contributed by atoms with E-state index in [9.17, 15) is 4.79 Å². The first-order valence-corrected chi connectivity index (χ1v) is 5.79. The third kappa shape index (κ3) is 3.49. The van der Waals surface area contributed by atoms with E-state index in [0.717, 1.165) is 18.8 Å². The minimum absolute atomic E-state index is 0.0485. The minimum atomic E-state index is -0.718. The van der Waals surface area contributed by atoms with E-state index in [0.29, 0.717) is 6.04 Å². The molecular weight excluding hydrogens is 190 g/mol. The van der Waals surface area contributed by atoms with Crippen molar-refractivity contribution in [2.75, 3.05) is 6.54 Å². The number of carboxylic acids is 1. The Bertz CT molecular complexity index is 232. The smallest absolute Gasteiger partial charge is 0.317 e. The van der Waals surface area contributed by atoms with Gasteiger partial charge in [0.15, 0.2) is 0 Å². The van der Waals surface area contributed by atoms with Gasteiger partial charge in [0.25, 0.3) is 0 Å². The topological polar surface area (TPSA) is 40.5 Å². The highest BCUT2D eigenvalue weighted by atomic mass is 16.4. The predicted molar refractivity (Wildman–Crippen MR) is 60.9 cm³/mol. The molecule has 0 saturated heterocycles. The van der Waals surface area contributed by atoms with Crippen molar-refractivity contribution < 1.29 is 9.90 Å². The van der Waals surface area contributed by atoms with E-state index < -0.39 is 5.97 Å². The monoisotopic (exact) mass is 213 g/mol. The SMILES string of the molecule is CC1CCC(N(CC(=O)O)C(C)(C)C)C1. The second-order valence-electron chi connectivity index (χ2n) is 5.76. The quantitative estimate of drug-likeness (QED) is 0.782. The Balaban J connectivity index is 2.68. The summed E-state index contributed by atoms with van der Waals surface area (Å²) in [7, 11) is 0. The van der Waals surface area contributed by atoms with Gasteiger partial charge < -0.3 is 5.11 Å². The summed E-state index contributed by atoms with van der Waals surface area (Å²) in [6.07, 6.45) is 3.52. The molecule has 0 aromatic heterocycles. The van der Waals surface area contributed by atoms with Crippen molar-refractivity contribution in [1.29, 1.82) is 0 Å². The number of carboxylic acid groups (broad SMARTS) is 1.